The molecule has 0 saturated heterocycles. The first-order chi connectivity index (χ1) is 11.5. The van der Waals surface area contributed by atoms with E-state index in [9.17, 15) is 14.0 Å². The topological polar surface area (TPSA) is 61.8 Å². The molecule has 0 aromatic heterocycles. The minimum Gasteiger partial charge on any atom is -0.493 e. The third-order valence-corrected chi connectivity index (χ3v) is 3.40. The molecule has 2 aromatic rings. The zero-order chi connectivity index (χ0) is 17.7. The van der Waals surface area contributed by atoms with Crippen LogP contribution in [0.4, 0.5) is 4.39 Å². The molecule has 126 valence electrons. The van der Waals surface area contributed by atoms with Gasteiger partial charge in [0.05, 0.1) is 19.8 Å². The maximum absolute atomic E-state index is 13.7. The van der Waals surface area contributed by atoms with Crippen LogP contribution in [0.15, 0.2) is 36.4 Å². The molecule has 0 amide bonds. The van der Waals surface area contributed by atoms with Crippen LogP contribution in [0.2, 0.25) is 0 Å². The van der Waals surface area contributed by atoms with Crippen molar-refractivity contribution in [3.05, 3.63) is 53.3 Å². The van der Waals surface area contributed by atoms with Crippen molar-refractivity contribution in [2.45, 2.75) is 6.92 Å². The Morgan fingerprint density at radius 1 is 1.00 bits per heavy atom. The maximum atomic E-state index is 13.7. The van der Waals surface area contributed by atoms with Crippen LogP contribution in [0.25, 0.3) is 0 Å². The second kappa shape index (κ2) is 7.59. The quantitative estimate of drug-likeness (QED) is 0.728. The second-order valence-electron chi connectivity index (χ2n) is 4.98. The fourth-order valence-corrected chi connectivity index (χ4v) is 2.11. The lowest BCUT2D eigenvalue weighted by Gasteiger charge is -2.10. The summed E-state index contributed by atoms with van der Waals surface area (Å²) >= 11 is 0. The molecule has 0 spiro atoms. The number of benzene rings is 2. The second-order valence-corrected chi connectivity index (χ2v) is 4.98. The molecule has 0 N–H and O–H groups in total. The number of carbonyl (C=O) groups excluding carboxylic acids is 2. The third-order valence-electron chi connectivity index (χ3n) is 3.40. The fourth-order valence-electron chi connectivity index (χ4n) is 2.11. The minimum atomic E-state index is -0.682. The van der Waals surface area contributed by atoms with Crippen molar-refractivity contribution in [1.29, 1.82) is 0 Å². The Kier molecular flexibility index (Phi) is 5.52. The van der Waals surface area contributed by atoms with E-state index in [4.69, 9.17) is 14.2 Å². The molecule has 0 aliphatic carbocycles. The largest absolute Gasteiger partial charge is 0.493 e. The van der Waals surface area contributed by atoms with Gasteiger partial charge in [-0.05, 0) is 37.3 Å². The van der Waals surface area contributed by atoms with E-state index in [0.29, 0.717) is 17.1 Å². The van der Waals surface area contributed by atoms with Gasteiger partial charge in [0, 0.05) is 11.6 Å². The molecule has 0 bridgehead atoms. The van der Waals surface area contributed by atoms with Crippen LogP contribution in [0.5, 0.6) is 17.2 Å². The van der Waals surface area contributed by atoms with Gasteiger partial charge in [-0.15, -0.1) is 0 Å². The number of ether oxygens (including phenoxy) is 3. The summed E-state index contributed by atoms with van der Waals surface area (Å²) in [5.74, 6) is -0.241. The van der Waals surface area contributed by atoms with Gasteiger partial charge in [-0.1, -0.05) is 0 Å². The van der Waals surface area contributed by atoms with Gasteiger partial charge in [0.2, 0.25) is 0 Å². The van der Waals surface area contributed by atoms with Gasteiger partial charge >= 0.3 is 0 Å². The SMILES string of the molecule is COc1ccc(C(=O)COc2ccc(C(C)=O)c(F)c2)cc1OC. The van der Waals surface area contributed by atoms with Crippen LogP contribution >= 0.6 is 0 Å². The van der Waals surface area contributed by atoms with Crippen LogP contribution in [-0.4, -0.2) is 32.4 Å². The molecule has 2 aromatic carbocycles. The highest BCUT2D eigenvalue weighted by atomic mass is 19.1. The number of halogens is 1. The Hall–Kier alpha value is -2.89. The summed E-state index contributed by atoms with van der Waals surface area (Å²) in [5.41, 5.74) is 0.363. The predicted molar refractivity (Wildman–Crippen MR) is 85.8 cm³/mol. The molecule has 6 heteroatoms. The minimum absolute atomic E-state index is 0.0198. The first kappa shape index (κ1) is 17.5. The van der Waals surface area contributed by atoms with Gasteiger partial charge in [-0.3, -0.25) is 9.59 Å². The lowest BCUT2D eigenvalue weighted by molar-refractivity contribution is 0.0919. The summed E-state index contributed by atoms with van der Waals surface area (Å²) in [7, 11) is 2.98. The molecular weight excluding hydrogens is 315 g/mol. The normalized spacial score (nSPS) is 10.2. The Morgan fingerprint density at radius 2 is 1.71 bits per heavy atom. The molecular formula is C18H17FO5. The average Bonchev–Trinajstić information content (AvgIpc) is 2.58. The first-order valence-corrected chi connectivity index (χ1v) is 7.14. The van der Waals surface area contributed by atoms with E-state index in [-0.39, 0.29) is 29.5 Å². The monoisotopic (exact) mass is 332 g/mol. The Balaban J connectivity index is 2.08. The molecule has 24 heavy (non-hydrogen) atoms. The van der Waals surface area contributed by atoms with Gasteiger partial charge < -0.3 is 14.2 Å². The van der Waals surface area contributed by atoms with E-state index >= 15 is 0 Å². The van der Waals surface area contributed by atoms with Gasteiger partial charge in [-0.25, -0.2) is 4.39 Å². The molecule has 0 heterocycles. The number of rotatable bonds is 7. The van der Waals surface area contributed by atoms with Crippen LogP contribution in [0, 0.1) is 5.82 Å². The third kappa shape index (κ3) is 3.90. The van der Waals surface area contributed by atoms with Crippen molar-refractivity contribution in [2.75, 3.05) is 20.8 Å². The van der Waals surface area contributed by atoms with Crippen LogP contribution in [0.3, 0.4) is 0 Å². The number of methoxy groups -OCH3 is 2. The maximum Gasteiger partial charge on any atom is 0.200 e. The number of ketones is 2. The summed E-state index contributed by atoms with van der Waals surface area (Å²) in [6.45, 7) is 1.01. The van der Waals surface area contributed by atoms with E-state index in [2.05, 4.69) is 0 Å². The number of carbonyl (C=O) groups is 2. The number of Topliss-reactive ketones (excluding diaryl/α,β-unsaturated/α-hetero) is 2. The van der Waals surface area contributed by atoms with E-state index < -0.39 is 5.82 Å². The highest BCUT2D eigenvalue weighted by Crippen LogP contribution is 2.27. The summed E-state index contributed by atoms with van der Waals surface area (Å²) in [5, 5.41) is 0. The van der Waals surface area contributed by atoms with E-state index in [1.165, 1.54) is 33.3 Å². The first-order valence-electron chi connectivity index (χ1n) is 7.14. The fraction of sp³-hybridized carbons (Fsp3) is 0.222. The molecule has 0 unspecified atom stereocenters. The van der Waals surface area contributed by atoms with E-state index in [0.717, 1.165) is 6.07 Å². The van der Waals surface area contributed by atoms with Gasteiger partial charge in [0.25, 0.3) is 0 Å². The lowest BCUT2D eigenvalue weighted by atomic mass is 10.1. The standard InChI is InChI=1S/C18H17FO5/c1-11(20)14-6-5-13(9-15(14)19)24-10-16(21)12-4-7-17(22-2)18(8-12)23-3/h4-9H,10H2,1-3H3. The summed E-state index contributed by atoms with van der Waals surface area (Å²) in [4.78, 5) is 23.4. The van der Waals surface area contributed by atoms with Gasteiger partial charge in [-0.2, -0.15) is 0 Å². The van der Waals surface area contributed by atoms with E-state index in [1.807, 2.05) is 0 Å². The Morgan fingerprint density at radius 3 is 2.29 bits per heavy atom. The van der Waals surface area contributed by atoms with Crippen molar-refractivity contribution in [2.24, 2.45) is 0 Å². The lowest BCUT2D eigenvalue weighted by Crippen LogP contribution is -2.12. The zero-order valence-electron chi connectivity index (χ0n) is 13.6. The predicted octanol–water partition coefficient (Wildman–Crippen LogP) is 3.31. The molecule has 0 aliphatic heterocycles. The molecule has 2 rings (SSSR count). The van der Waals surface area contributed by atoms with Crippen molar-refractivity contribution < 1.29 is 28.2 Å². The van der Waals surface area contributed by atoms with Crippen LogP contribution < -0.4 is 14.2 Å². The molecule has 0 saturated carbocycles. The molecule has 0 atom stereocenters. The molecule has 5 nitrogen and oxygen atoms in total. The number of hydrogen-bond acceptors (Lipinski definition) is 5. The Labute approximate surface area is 139 Å². The smallest absolute Gasteiger partial charge is 0.200 e. The molecule has 0 aliphatic rings. The van der Waals surface area contributed by atoms with E-state index in [1.54, 1.807) is 18.2 Å². The van der Waals surface area contributed by atoms with Gasteiger partial charge in [0.1, 0.15) is 11.6 Å². The number of hydrogen-bond donors (Lipinski definition) is 0. The van der Waals surface area contributed by atoms with Crippen molar-refractivity contribution in [3.8, 4) is 17.2 Å². The molecule has 0 radical (unpaired) electrons. The molecule has 0 fully saturated rings. The highest BCUT2D eigenvalue weighted by molar-refractivity contribution is 5.98. The van der Waals surface area contributed by atoms with Crippen molar-refractivity contribution in [1.82, 2.24) is 0 Å². The summed E-state index contributed by atoms with van der Waals surface area (Å²) in [6, 6.07) is 8.61. The van der Waals surface area contributed by atoms with Crippen molar-refractivity contribution in [3.63, 3.8) is 0 Å². The van der Waals surface area contributed by atoms with Gasteiger partial charge in [0.15, 0.2) is 29.7 Å². The van der Waals surface area contributed by atoms with Crippen LogP contribution in [-0.2, 0) is 0 Å². The summed E-state index contributed by atoms with van der Waals surface area (Å²) < 4.78 is 29.3. The highest BCUT2D eigenvalue weighted by Gasteiger charge is 2.13. The van der Waals surface area contributed by atoms with Crippen LogP contribution in [0.1, 0.15) is 27.6 Å². The average molecular weight is 332 g/mol. The zero-order valence-corrected chi connectivity index (χ0v) is 13.6. The summed E-state index contributed by atoms with van der Waals surface area (Å²) in [6.07, 6.45) is 0. The van der Waals surface area contributed by atoms with Crippen molar-refractivity contribution >= 4 is 11.6 Å². The Bertz CT molecular complexity index is 770.